The lowest BCUT2D eigenvalue weighted by molar-refractivity contribution is -0.385. The fourth-order valence-corrected chi connectivity index (χ4v) is 3.33. The molecular formula is C13H18N6O3S. The molecule has 0 radical (unpaired) electrons. The molecule has 1 saturated heterocycles. The second-order valence-electron chi connectivity index (χ2n) is 5.27. The van der Waals surface area contributed by atoms with Crippen LogP contribution >= 0.6 is 11.8 Å². The van der Waals surface area contributed by atoms with E-state index in [1.807, 2.05) is 6.92 Å². The Morgan fingerprint density at radius 1 is 1.52 bits per heavy atom. The Bertz CT molecular complexity index is 679. The van der Waals surface area contributed by atoms with Gasteiger partial charge in [0.05, 0.1) is 23.4 Å². The summed E-state index contributed by atoms with van der Waals surface area (Å²) in [5, 5.41) is 23.9. The summed E-state index contributed by atoms with van der Waals surface area (Å²) in [5.41, 5.74) is -0.0133. The minimum Gasteiger partial charge on any atom is -0.376 e. The molecule has 0 saturated carbocycles. The average Bonchev–Trinajstić information content (AvgIpc) is 3.27. The van der Waals surface area contributed by atoms with Crippen LogP contribution in [0.25, 0.3) is 0 Å². The summed E-state index contributed by atoms with van der Waals surface area (Å²) in [6.45, 7) is 3.60. The lowest BCUT2D eigenvalue weighted by atomic mass is 10.2. The first-order chi connectivity index (χ1) is 11.2. The summed E-state index contributed by atoms with van der Waals surface area (Å²) >= 11 is 1.46. The van der Waals surface area contributed by atoms with Gasteiger partial charge in [-0.05, 0) is 12.8 Å². The van der Waals surface area contributed by atoms with Gasteiger partial charge in [-0.25, -0.2) is 0 Å². The molecule has 9 nitrogen and oxygen atoms in total. The van der Waals surface area contributed by atoms with Crippen LogP contribution in [0.1, 0.15) is 25.6 Å². The van der Waals surface area contributed by atoms with Crippen molar-refractivity contribution < 1.29 is 9.66 Å². The summed E-state index contributed by atoms with van der Waals surface area (Å²) in [5.74, 6) is 1.37. The van der Waals surface area contributed by atoms with Crippen molar-refractivity contribution in [2.75, 3.05) is 6.61 Å². The predicted molar refractivity (Wildman–Crippen MR) is 83.1 cm³/mol. The van der Waals surface area contributed by atoms with Gasteiger partial charge in [-0.1, -0.05) is 18.7 Å². The van der Waals surface area contributed by atoms with Crippen LogP contribution in [-0.2, 0) is 23.6 Å². The maximum Gasteiger partial charge on any atom is 0.307 e. The van der Waals surface area contributed by atoms with Gasteiger partial charge in [-0.3, -0.25) is 14.8 Å². The number of nitro groups is 1. The van der Waals surface area contributed by atoms with Gasteiger partial charge in [0.1, 0.15) is 18.2 Å². The number of ether oxygens (including phenoxy) is 1. The summed E-state index contributed by atoms with van der Waals surface area (Å²) in [6.07, 6.45) is 5.81. The van der Waals surface area contributed by atoms with Crippen molar-refractivity contribution in [3.05, 3.63) is 28.3 Å². The lowest BCUT2D eigenvalue weighted by Crippen LogP contribution is -2.17. The molecule has 124 valence electrons. The van der Waals surface area contributed by atoms with Crippen molar-refractivity contribution >= 4 is 17.4 Å². The highest BCUT2D eigenvalue weighted by Crippen LogP contribution is 2.23. The molecule has 1 atom stereocenters. The topological polar surface area (TPSA) is 101 Å². The molecule has 0 aromatic carbocycles. The molecule has 3 rings (SSSR count). The number of thioether (sulfide) groups is 1. The Labute approximate surface area is 137 Å². The third-order valence-electron chi connectivity index (χ3n) is 3.68. The van der Waals surface area contributed by atoms with E-state index in [-0.39, 0.29) is 11.8 Å². The molecule has 23 heavy (non-hydrogen) atoms. The largest absolute Gasteiger partial charge is 0.376 e. The molecule has 1 aliphatic heterocycles. The summed E-state index contributed by atoms with van der Waals surface area (Å²) < 4.78 is 9.30. The Kier molecular flexibility index (Phi) is 4.91. The zero-order valence-corrected chi connectivity index (χ0v) is 13.6. The molecule has 2 aromatic rings. The second-order valence-corrected chi connectivity index (χ2v) is 6.18. The average molecular weight is 338 g/mol. The quantitative estimate of drug-likeness (QED) is 0.431. The molecule has 1 fully saturated rings. The van der Waals surface area contributed by atoms with Crippen LogP contribution in [0.3, 0.4) is 0 Å². The molecule has 0 aliphatic carbocycles. The van der Waals surface area contributed by atoms with Crippen LogP contribution in [0.15, 0.2) is 17.6 Å². The van der Waals surface area contributed by atoms with Crippen molar-refractivity contribution in [3.8, 4) is 0 Å². The Hall–Kier alpha value is -1.94. The third kappa shape index (κ3) is 3.70. The molecule has 2 aromatic heterocycles. The minimum absolute atomic E-state index is 0.0133. The number of nitrogens with zero attached hydrogens (tertiary/aromatic N) is 6. The molecular weight excluding hydrogens is 320 g/mol. The Morgan fingerprint density at radius 2 is 2.39 bits per heavy atom. The van der Waals surface area contributed by atoms with E-state index in [1.165, 1.54) is 28.8 Å². The van der Waals surface area contributed by atoms with E-state index in [0.29, 0.717) is 5.88 Å². The van der Waals surface area contributed by atoms with E-state index in [1.54, 1.807) is 0 Å². The van der Waals surface area contributed by atoms with E-state index in [0.717, 1.165) is 43.4 Å². The summed E-state index contributed by atoms with van der Waals surface area (Å²) in [6, 6.07) is 0. The first-order valence-electron chi connectivity index (χ1n) is 7.50. The van der Waals surface area contributed by atoms with Crippen molar-refractivity contribution in [2.24, 2.45) is 0 Å². The number of aromatic nitrogens is 5. The van der Waals surface area contributed by atoms with Crippen molar-refractivity contribution in [3.63, 3.8) is 0 Å². The highest BCUT2D eigenvalue weighted by Gasteiger charge is 2.20. The first kappa shape index (κ1) is 15.9. The van der Waals surface area contributed by atoms with Gasteiger partial charge in [-0.2, -0.15) is 5.10 Å². The fourth-order valence-electron chi connectivity index (χ4n) is 2.50. The van der Waals surface area contributed by atoms with Gasteiger partial charge in [-0.15, -0.1) is 10.2 Å². The number of hydrogen-bond donors (Lipinski definition) is 0. The molecule has 3 heterocycles. The van der Waals surface area contributed by atoms with Crippen molar-refractivity contribution in [1.29, 1.82) is 0 Å². The van der Waals surface area contributed by atoms with Crippen LogP contribution in [0, 0.1) is 10.1 Å². The van der Waals surface area contributed by atoms with Crippen LogP contribution < -0.4 is 0 Å². The van der Waals surface area contributed by atoms with E-state index in [2.05, 4.69) is 19.9 Å². The smallest absolute Gasteiger partial charge is 0.307 e. The molecule has 10 heteroatoms. The molecule has 0 amide bonds. The lowest BCUT2D eigenvalue weighted by Gasteiger charge is -2.14. The highest BCUT2D eigenvalue weighted by atomic mass is 32.2. The molecule has 1 aliphatic rings. The van der Waals surface area contributed by atoms with E-state index >= 15 is 0 Å². The molecule has 1 unspecified atom stereocenters. The Balaban J connectivity index is 1.68. The van der Waals surface area contributed by atoms with Crippen molar-refractivity contribution in [2.45, 2.75) is 49.9 Å². The van der Waals surface area contributed by atoms with Crippen LogP contribution in [0.5, 0.6) is 0 Å². The van der Waals surface area contributed by atoms with Gasteiger partial charge >= 0.3 is 5.69 Å². The maximum atomic E-state index is 10.7. The number of rotatable bonds is 7. The number of hydrogen-bond acceptors (Lipinski definition) is 7. The fraction of sp³-hybridized carbons (Fsp3) is 0.615. The number of aryl methyl sites for hydroxylation is 1. The van der Waals surface area contributed by atoms with E-state index in [9.17, 15) is 10.1 Å². The molecule has 0 bridgehead atoms. The zero-order valence-electron chi connectivity index (χ0n) is 12.8. The maximum absolute atomic E-state index is 10.7. The highest BCUT2D eigenvalue weighted by molar-refractivity contribution is 7.98. The van der Waals surface area contributed by atoms with Gasteiger partial charge in [0.15, 0.2) is 5.16 Å². The summed E-state index contributed by atoms with van der Waals surface area (Å²) in [4.78, 5) is 10.2. The van der Waals surface area contributed by atoms with Crippen molar-refractivity contribution in [1.82, 2.24) is 24.5 Å². The SMILES string of the molecule is CCc1nnc(SCn2cc([N+](=O)[O-])cn2)n1CC1CCCO1. The van der Waals surface area contributed by atoms with Gasteiger partial charge in [0.25, 0.3) is 0 Å². The summed E-state index contributed by atoms with van der Waals surface area (Å²) in [7, 11) is 0. The van der Waals surface area contributed by atoms with E-state index in [4.69, 9.17) is 4.74 Å². The predicted octanol–water partition coefficient (Wildman–Crippen LogP) is 1.87. The zero-order chi connectivity index (χ0) is 16.2. The van der Waals surface area contributed by atoms with Crippen LogP contribution in [-0.4, -0.2) is 42.2 Å². The monoisotopic (exact) mass is 338 g/mol. The van der Waals surface area contributed by atoms with Gasteiger partial charge in [0, 0.05) is 13.0 Å². The minimum atomic E-state index is -0.455. The molecule has 0 spiro atoms. The Morgan fingerprint density at radius 3 is 3.04 bits per heavy atom. The second kappa shape index (κ2) is 7.09. The van der Waals surface area contributed by atoms with E-state index < -0.39 is 4.92 Å². The first-order valence-corrected chi connectivity index (χ1v) is 8.49. The van der Waals surface area contributed by atoms with Gasteiger partial charge < -0.3 is 9.30 Å². The van der Waals surface area contributed by atoms with Gasteiger partial charge in [0.2, 0.25) is 0 Å². The third-order valence-corrected chi connectivity index (χ3v) is 4.63. The molecule has 0 N–H and O–H groups in total. The van der Waals surface area contributed by atoms with Crippen LogP contribution in [0.4, 0.5) is 5.69 Å². The normalized spacial score (nSPS) is 17.7. The standard InChI is InChI=1S/C13H18N6O3S/c1-2-12-15-16-13(18(12)8-11-4-3-5-22-11)23-9-17-7-10(6-14-17)19(20)21/h6-7,11H,2-5,8-9H2,1H3. The van der Waals surface area contributed by atoms with Crippen LogP contribution in [0.2, 0.25) is 0 Å².